The van der Waals surface area contributed by atoms with Crippen LogP contribution < -0.4 is 0 Å². The van der Waals surface area contributed by atoms with Crippen LogP contribution in [0.25, 0.3) is 11.4 Å². The van der Waals surface area contributed by atoms with E-state index in [1.165, 1.54) is 11.8 Å². The molecule has 0 aliphatic heterocycles. The molecule has 2 aromatic heterocycles. The molecule has 142 valence electrons. The topological polar surface area (TPSA) is 70.2 Å². The summed E-state index contributed by atoms with van der Waals surface area (Å²) >= 11 is 1.40. The molecular formula is C20H23N3O3S. The highest BCUT2D eigenvalue weighted by molar-refractivity contribution is 7.99. The van der Waals surface area contributed by atoms with Gasteiger partial charge in [-0.1, -0.05) is 41.6 Å². The standard InChI is InChI=1S/C20H23N3O3S/c1-14-5-7-16(8-6-14)18(24)13-27-20-22-21-19(17-9-12-26-15(17)2)23(20)10-4-11-25-3/h5-9,12H,4,10-11,13H2,1-3H3. The van der Waals surface area contributed by atoms with Gasteiger partial charge in [0.15, 0.2) is 16.8 Å². The van der Waals surface area contributed by atoms with E-state index in [-0.39, 0.29) is 5.78 Å². The van der Waals surface area contributed by atoms with Gasteiger partial charge in [-0.2, -0.15) is 0 Å². The molecule has 0 saturated heterocycles. The highest BCUT2D eigenvalue weighted by Gasteiger charge is 2.18. The van der Waals surface area contributed by atoms with Gasteiger partial charge in [0.25, 0.3) is 0 Å². The van der Waals surface area contributed by atoms with Crippen LogP contribution in [-0.4, -0.2) is 40.0 Å². The van der Waals surface area contributed by atoms with Crippen LogP contribution in [-0.2, 0) is 11.3 Å². The summed E-state index contributed by atoms with van der Waals surface area (Å²) in [4.78, 5) is 12.5. The molecule has 0 spiro atoms. The minimum atomic E-state index is 0.0764. The number of aryl methyl sites for hydroxylation is 2. The monoisotopic (exact) mass is 385 g/mol. The number of ether oxygens (including phenoxy) is 1. The Hall–Kier alpha value is -2.38. The zero-order chi connectivity index (χ0) is 19.2. The maximum absolute atomic E-state index is 12.5. The summed E-state index contributed by atoms with van der Waals surface area (Å²) in [6.07, 6.45) is 2.48. The van der Waals surface area contributed by atoms with E-state index in [1.807, 2.05) is 48.7 Å². The highest BCUT2D eigenvalue weighted by Crippen LogP contribution is 2.27. The predicted molar refractivity (Wildman–Crippen MR) is 105 cm³/mol. The maximum Gasteiger partial charge on any atom is 0.191 e. The number of furan rings is 1. The molecule has 0 fully saturated rings. The van der Waals surface area contributed by atoms with Crippen LogP contribution in [0, 0.1) is 13.8 Å². The van der Waals surface area contributed by atoms with Crippen molar-refractivity contribution in [3.05, 3.63) is 53.5 Å². The largest absolute Gasteiger partial charge is 0.469 e. The molecule has 0 amide bonds. The fraction of sp³-hybridized carbons (Fsp3) is 0.350. The fourth-order valence-electron chi connectivity index (χ4n) is 2.73. The molecule has 1 aromatic carbocycles. The molecule has 6 nitrogen and oxygen atoms in total. The first kappa shape index (κ1) is 19.4. The molecule has 0 saturated carbocycles. The molecule has 0 aliphatic carbocycles. The quantitative estimate of drug-likeness (QED) is 0.313. The average molecular weight is 385 g/mol. The van der Waals surface area contributed by atoms with Gasteiger partial charge in [-0.25, -0.2) is 0 Å². The smallest absolute Gasteiger partial charge is 0.191 e. The maximum atomic E-state index is 12.5. The van der Waals surface area contributed by atoms with Gasteiger partial charge in [-0.3, -0.25) is 4.79 Å². The summed E-state index contributed by atoms with van der Waals surface area (Å²) < 4.78 is 12.6. The second-order valence-electron chi connectivity index (χ2n) is 6.27. The van der Waals surface area contributed by atoms with Crippen molar-refractivity contribution < 1.29 is 13.9 Å². The van der Waals surface area contributed by atoms with Crippen LogP contribution in [0.5, 0.6) is 0 Å². The third kappa shape index (κ3) is 4.67. The minimum Gasteiger partial charge on any atom is -0.469 e. The zero-order valence-corrected chi connectivity index (χ0v) is 16.6. The lowest BCUT2D eigenvalue weighted by molar-refractivity contribution is 0.102. The third-order valence-electron chi connectivity index (χ3n) is 4.25. The van der Waals surface area contributed by atoms with E-state index >= 15 is 0 Å². The molecule has 27 heavy (non-hydrogen) atoms. The van der Waals surface area contributed by atoms with Crippen molar-refractivity contribution in [2.75, 3.05) is 19.5 Å². The van der Waals surface area contributed by atoms with Crippen molar-refractivity contribution in [1.29, 1.82) is 0 Å². The lowest BCUT2D eigenvalue weighted by Gasteiger charge is -2.09. The van der Waals surface area contributed by atoms with Gasteiger partial charge in [0, 0.05) is 25.8 Å². The first-order valence-electron chi connectivity index (χ1n) is 8.79. The molecule has 0 aliphatic rings. The van der Waals surface area contributed by atoms with E-state index in [9.17, 15) is 4.79 Å². The second-order valence-corrected chi connectivity index (χ2v) is 7.22. The summed E-state index contributed by atoms with van der Waals surface area (Å²) in [5, 5.41) is 9.38. The Morgan fingerprint density at radius 1 is 1.19 bits per heavy atom. The molecule has 0 bridgehead atoms. The molecule has 7 heteroatoms. The summed E-state index contributed by atoms with van der Waals surface area (Å²) in [7, 11) is 1.68. The van der Waals surface area contributed by atoms with Gasteiger partial charge in [0.1, 0.15) is 5.76 Å². The number of nitrogens with zero attached hydrogens (tertiary/aromatic N) is 3. The van der Waals surface area contributed by atoms with Crippen LogP contribution in [0.1, 0.15) is 28.1 Å². The molecule has 0 atom stereocenters. The normalized spacial score (nSPS) is 11.1. The van der Waals surface area contributed by atoms with Gasteiger partial charge in [0.05, 0.1) is 17.6 Å². The summed E-state index contributed by atoms with van der Waals surface area (Å²) in [5.41, 5.74) is 2.76. The predicted octanol–water partition coefficient (Wildman–Crippen LogP) is 4.17. The number of hydrogen-bond donors (Lipinski definition) is 0. The molecule has 3 rings (SSSR count). The van der Waals surface area contributed by atoms with Crippen LogP contribution in [0.3, 0.4) is 0 Å². The highest BCUT2D eigenvalue weighted by atomic mass is 32.2. The number of ketones is 1. The lowest BCUT2D eigenvalue weighted by atomic mass is 10.1. The van der Waals surface area contributed by atoms with Crippen molar-refractivity contribution in [1.82, 2.24) is 14.8 Å². The number of Topliss-reactive ketones (excluding diaryl/α,β-unsaturated/α-hetero) is 1. The Labute approximate surface area is 162 Å². The number of methoxy groups -OCH3 is 1. The Morgan fingerprint density at radius 3 is 2.63 bits per heavy atom. The number of thioether (sulfide) groups is 1. The Kier molecular flexibility index (Phi) is 6.47. The van der Waals surface area contributed by atoms with E-state index in [2.05, 4.69) is 10.2 Å². The van der Waals surface area contributed by atoms with Crippen LogP contribution in [0.2, 0.25) is 0 Å². The molecule has 0 radical (unpaired) electrons. The number of rotatable bonds is 9. The number of carbonyl (C=O) groups is 1. The van der Waals surface area contributed by atoms with Gasteiger partial charge in [-0.05, 0) is 26.3 Å². The van der Waals surface area contributed by atoms with Gasteiger partial charge < -0.3 is 13.7 Å². The van der Waals surface area contributed by atoms with Gasteiger partial charge in [-0.15, -0.1) is 10.2 Å². The lowest BCUT2D eigenvalue weighted by Crippen LogP contribution is -2.07. The fourth-order valence-corrected chi connectivity index (χ4v) is 3.59. The van der Waals surface area contributed by atoms with Crippen molar-refractivity contribution in [3.63, 3.8) is 0 Å². The summed E-state index contributed by atoms with van der Waals surface area (Å²) in [6.45, 7) is 5.26. The van der Waals surface area contributed by atoms with Crippen LogP contribution in [0.15, 0.2) is 46.2 Å². The Bertz CT molecular complexity index is 900. The number of benzene rings is 1. The minimum absolute atomic E-state index is 0.0764. The molecule has 3 aromatic rings. The first-order chi connectivity index (χ1) is 13.1. The number of aromatic nitrogens is 3. The van der Waals surface area contributed by atoms with Crippen molar-refractivity contribution in [3.8, 4) is 11.4 Å². The van der Waals surface area contributed by atoms with E-state index in [0.29, 0.717) is 24.5 Å². The zero-order valence-electron chi connectivity index (χ0n) is 15.8. The van der Waals surface area contributed by atoms with Gasteiger partial charge >= 0.3 is 0 Å². The van der Waals surface area contributed by atoms with Crippen molar-refractivity contribution >= 4 is 17.5 Å². The van der Waals surface area contributed by atoms with Crippen LogP contribution in [0.4, 0.5) is 0 Å². The SMILES string of the molecule is COCCCn1c(SCC(=O)c2ccc(C)cc2)nnc1-c1ccoc1C. The first-order valence-corrected chi connectivity index (χ1v) is 9.78. The number of hydrogen-bond acceptors (Lipinski definition) is 6. The van der Waals surface area contributed by atoms with Crippen molar-refractivity contribution in [2.24, 2.45) is 0 Å². The molecule has 0 N–H and O–H groups in total. The number of carbonyl (C=O) groups excluding carboxylic acids is 1. The van der Waals surface area contributed by atoms with E-state index in [1.54, 1.807) is 13.4 Å². The van der Waals surface area contributed by atoms with E-state index < -0.39 is 0 Å². The average Bonchev–Trinajstić information content (AvgIpc) is 3.26. The van der Waals surface area contributed by atoms with Crippen LogP contribution >= 0.6 is 11.8 Å². The summed E-state index contributed by atoms with van der Waals surface area (Å²) in [5.74, 6) is 1.94. The van der Waals surface area contributed by atoms with E-state index in [0.717, 1.165) is 34.3 Å². The van der Waals surface area contributed by atoms with E-state index in [4.69, 9.17) is 9.15 Å². The second kappa shape index (κ2) is 9.01. The molecule has 0 unspecified atom stereocenters. The summed E-state index contributed by atoms with van der Waals surface area (Å²) in [6, 6.07) is 9.51. The van der Waals surface area contributed by atoms with Gasteiger partial charge in [0.2, 0.25) is 0 Å². The Balaban J connectivity index is 1.77. The third-order valence-corrected chi connectivity index (χ3v) is 5.22. The van der Waals surface area contributed by atoms with Crippen molar-refractivity contribution in [2.45, 2.75) is 32.0 Å². The molecular weight excluding hydrogens is 362 g/mol. The molecule has 2 heterocycles. The Morgan fingerprint density at radius 2 is 1.96 bits per heavy atom.